The summed E-state index contributed by atoms with van der Waals surface area (Å²) in [5.41, 5.74) is 0.0144. The quantitative estimate of drug-likeness (QED) is 0.701. The number of hydrogen-bond acceptors (Lipinski definition) is 2. The van der Waals surface area contributed by atoms with E-state index in [1.54, 1.807) is 0 Å². The first-order valence-corrected chi connectivity index (χ1v) is 5.05. The van der Waals surface area contributed by atoms with Gasteiger partial charge < -0.3 is 5.11 Å². The van der Waals surface area contributed by atoms with Crippen molar-refractivity contribution in [3.63, 3.8) is 0 Å². The Labute approximate surface area is 83.8 Å². The Balaban J connectivity index is 2.40. The first kappa shape index (κ1) is 11.0. The molecule has 0 bridgehead atoms. The summed E-state index contributed by atoms with van der Waals surface area (Å²) >= 11 is 0. The van der Waals surface area contributed by atoms with E-state index in [0.717, 1.165) is 25.7 Å². The van der Waals surface area contributed by atoms with Crippen LogP contribution in [0.1, 0.15) is 38.5 Å². The second-order valence-electron chi connectivity index (χ2n) is 3.89. The number of hydrogen-bond donors (Lipinski definition) is 1. The molecule has 1 N–H and O–H groups in total. The Morgan fingerprint density at radius 1 is 1.21 bits per heavy atom. The first-order chi connectivity index (χ1) is 6.61. The Morgan fingerprint density at radius 2 is 1.79 bits per heavy atom. The summed E-state index contributed by atoms with van der Waals surface area (Å²) in [6, 6.07) is 0. The highest BCUT2D eigenvalue weighted by Gasteiger charge is 2.22. The highest BCUT2D eigenvalue weighted by atomic mass is 16.4. The number of rotatable bonds is 4. The highest BCUT2D eigenvalue weighted by molar-refractivity contribution is 5.95. The van der Waals surface area contributed by atoms with Gasteiger partial charge in [0, 0.05) is 17.9 Å². The van der Waals surface area contributed by atoms with Gasteiger partial charge in [-0.25, -0.2) is 4.79 Å². The maximum atomic E-state index is 11.6. The van der Waals surface area contributed by atoms with E-state index in [1.807, 2.05) is 0 Å². The van der Waals surface area contributed by atoms with Gasteiger partial charge in [0.15, 0.2) is 0 Å². The van der Waals surface area contributed by atoms with Crippen LogP contribution in [0.4, 0.5) is 0 Å². The fourth-order valence-electron chi connectivity index (χ4n) is 1.85. The van der Waals surface area contributed by atoms with Gasteiger partial charge in [-0.05, 0) is 12.8 Å². The molecular weight excluding hydrogens is 180 g/mol. The molecule has 0 heterocycles. The van der Waals surface area contributed by atoms with Crippen molar-refractivity contribution in [2.24, 2.45) is 5.92 Å². The van der Waals surface area contributed by atoms with Crippen LogP contribution in [0.2, 0.25) is 0 Å². The Hall–Kier alpha value is -1.12. The normalized spacial score (nSPS) is 17.7. The lowest BCUT2D eigenvalue weighted by Gasteiger charge is -2.19. The van der Waals surface area contributed by atoms with Crippen LogP contribution in [-0.4, -0.2) is 16.9 Å². The molecule has 0 aromatic heterocycles. The molecule has 0 unspecified atom stereocenters. The molecule has 14 heavy (non-hydrogen) atoms. The van der Waals surface area contributed by atoms with Gasteiger partial charge in [0.1, 0.15) is 5.78 Å². The summed E-state index contributed by atoms with van der Waals surface area (Å²) in [4.78, 5) is 22.1. The Morgan fingerprint density at radius 3 is 2.29 bits per heavy atom. The predicted molar refractivity (Wildman–Crippen MR) is 53.0 cm³/mol. The van der Waals surface area contributed by atoms with Crippen molar-refractivity contribution in [3.05, 3.63) is 12.2 Å². The molecule has 0 amide bonds. The molecule has 1 aliphatic carbocycles. The Kier molecular flexibility index (Phi) is 3.86. The molecule has 3 heteroatoms. The monoisotopic (exact) mass is 196 g/mol. The van der Waals surface area contributed by atoms with Crippen molar-refractivity contribution in [1.82, 2.24) is 0 Å². The summed E-state index contributed by atoms with van der Waals surface area (Å²) in [7, 11) is 0. The molecule has 0 radical (unpaired) electrons. The zero-order valence-electron chi connectivity index (χ0n) is 8.29. The summed E-state index contributed by atoms with van der Waals surface area (Å²) < 4.78 is 0. The van der Waals surface area contributed by atoms with Crippen molar-refractivity contribution in [1.29, 1.82) is 0 Å². The molecular formula is C11H16O3. The second-order valence-corrected chi connectivity index (χ2v) is 3.89. The lowest BCUT2D eigenvalue weighted by Crippen LogP contribution is -2.19. The minimum absolute atomic E-state index is 0.0139. The zero-order chi connectivity index (χ0) is 10.6. The van der Waals surface area contributed by atoms with Crippen molar-refractivity contribution < 1.29 is 14.7 Å². The van der Waals surface area contributed by atoms with E-state index >= 15 is 0 Å². The van der Waals surface area contributed by atoms with Crippen molar-refractivity contribution in [2.75, 3.05) is 0 Å². The smallest absolute Gasteiger partial charge is 0.331 e. The average Bonchev–Trinajstić information content (AvgIpc) is 2.19. The predicted octanol–water partition coefficient (Wildman–Crippen LogP) is 2.17. The number of carboxylic acid groups (broad SMARTS) is 1. The SMILES string of the molecule is C=C(CC(=O)C1CCCCC1)C(=O)O. The fraction of sp³-hybridized carbons (Fsp3) is 0.636. The molecule has 78 valence electrons. The summed E-state index contributed by atoms with van der Waals surface area (Å²) in [6.45, 7) is 3.37. The van der Waals surface area contributed by atoms with Crippen LogP contribution in [0.3, 0.4) is 0 Å². The topological polar surface area (TPSA) is 54.4 Å². The third-order valence-electron chi connectivity index (χ3n) is 2.75. The standard InChI is InChI=1S/C11H16O3/c1-8(11(13)14)7-10(12)9-5-3-2-4-6-9/h9H,1-7H2,(H,13,14). The van der Waals surface area contributed by atoms with E-state index in [0.29, 0.717) is 0 Å². The third-order valence-corrected chi connectivity index (χ3v) is 2.75. The molecule has 0 saturated heterocycles. The molecule has 1 rings (SSSR count). The van der Waals surface area contributed by atoms with Gasteiger partial charge in [0.25, 0.3) is 0 Å². The third kappa shape index (κ3) is 2.98. The largest absolute Gasteiger partial charge is 0.478 e. The van der Waals surface area contributed by atoms with E-state index < -0.39 is 5.97 Å². The van der Waals surface area contributed by atoms with Crippen LogP contribution >= 0.6 is 0 Å². The fourth-order valence-corrected chi connectivity index (χ4v) is 1.85. The van der Waals surface area contributed by atoms with E-state index in [9.17, 15) is 9.59 Å². The number of carboxylic acids is 1. The summed E-state index contributed by atoms with van der Waals surface area (Å²) in [5, 5.41) is 8.58. The number of aliphatic carboxylic acids is 1. The summed E-state index contributed by atoms with van der Waals surface area (Å²) in [6.07, 6.45) is 5.24. The zero-order valence-corrected chi connectivity index (χ0v) is 8.29. The van der Waals surface area contributed by atoms with Crippen LogP contribution in [0.25, 0.3) is 0 Å². The molecule has 1 fully saturated rings. The van der Waals surface area contributed by atoms with E-state index in [-0.39, 0.29) is 23.7 Å². The van der Waals surface area contributed by atoms with Crippen LogP contribution in [0.5, 0.6) is 0 Å². The minimum atomic E-state index is -1.06. The molecule has 0 spiro atoms. The molecule has 0 atom stereocenters. The van der Waals surface area contributed by atoms with Crippen LogP contribution < -0.4 is 0 Å². The van der Waals surface area contributed by atoms with E-state index in [4.69, 9.17) is 5.11 Å². The van der Waals surface area contributed by atoms with Gasteiger partial charge in [-0.1, -0.05) is 25.8 Å². The van der Waals surface area contributed by atoms with Crippen molar-refractivity contribution >= 4 is 11.8 Å². The lowest BCUT2D eigenvalue weighted by atomic mass is 9.84. The lowest BCUT2D eigenvalue weighted by molar-refractivity contribution is -0.134. The van der Waals surface area contributed by atoms with E-state index in [2.05, 4.69) is 6.58 Å². The van der Waals surface area contributed by atoms with Gasteiger partial charge in [-0.2, -0.15) is 0 Å². The molecule has 0 aliphatic heterocycles. The van der Waals surface area contributed by atoms with Gasteiger partial charge >= 0.3 is 5.97 Å². The molecule has 0 aromatic carbocycles. The molecule has 0 aromatic rings. The summed E-state index contributed by atoms with van der Waals surface area (Å²) in [5.74, 6) is -0.925. The maximum absolute atomic E-state index is 11.6. The minimum Gasteiger partial charge on any atom is -0.478 e. The van der Waals surface area contributed by atoms with Gasteiger partial charge in [0.05, 0.1) is 0 Å². The number of carbonyl (C=O) groups is 2. The molecule has 1 saturated carbocycles. The maximum Gasteiger partial charge on any atom is 0.331 e. The number of ketones is 1. The first-order valence-electron chi connectivity index (χ1n) is 5.05. The van der Waals surface area contributed by atoms with E-state index in [1.165, 1.54) is 6.42 Å². The van der Waals surface area contributed by atoms with Crippen molar-refractivity contribution in [3.8, 4) is 0 Å². The average molecular weight is 196 g/mol. The Bertz CT molecular complexity index is 249. The van der Waals surface area contributed by atoms with Crippen LogP contribution in [0.15, 0.2) is 12.2 Å². The molecule has 1 aliphatic rings. The molecule has 3 nitrogen and oxygen atoms in total. The van der Waals surface area contributed by atoms with Crippen LogP contribution in [-0.2, 0) is 9.59 Å². The van der Waals surface area contributed by atoms with Gasteiger partial charge in [0.2, 0.25) is 0 Å². The second kappa shape index (κ2) is 4.94. The van der Waals surface area contributed by atoms with Crippen LogP contribution in [0, 0.1) is 5.92 Å². The van der Waals surface area contributed by atoms with Gasteiger partial charge in [-0.3, -0.25) is 4.79 Å². The number of carbonyl (C=O) groups excluding carboxylic acids is 1. The number of Topliss-reactive ketones (excluding diaryl/α,β-unsaturated/α-hetero) is 1. The highest BCUT2D eigenvalue weighted by Crippen LogP contribution is 2.26. The van der Waals surface area contributed by atoms with Crippen molar-refractivity contribution in [2.45, 2.75) is 38.5 Å². The van der Waals surface area contributed by atoms with Gasteiger partial charge in [-0.15, -0.1) is 0 Å².